The summed E-state index contributed by atoms with van der Waals surface area (Å²) in [6.07, 6.45) is 1.59. The van der Waals surface area contributed by atoms with Crippen LogP contribution in [0.2, 0.25) is 0 Å². The fourth-order valence-corrected chi connectivity index (χ4v) is 4.52. The van der Waals surface area contributed by atoms with Crippen molar-refractivity contribution in [1.29, 1.82) is 0 Å². The first-order valence-electron chi connectivity index (χ1n) is 10.7. The highest BCUT2D eigenvalue weighted by Crippen LogP contribution is 2.26. The van der Waals surface area contributed by atoms with Crippen LogP contribution in [0.4, 0.5) is 11.5 Å². The number of aliphatic imine (C=N–C) groups is 1. The first kappa shape index (κ1) is 25.5. The van der Waals surface area contributed by atoms with Crippen LogP contribution in [0, 0.1) is 6.92 Å². The molecule has 1 aliphatic rings. The Morgan fingerprint density at radius 3 is 2.47 bits per heavy atom. The average molecular weight is 534 g/mol. The molecule has 0 radical (unpaired) electrons. The maximum atomic E-state index is 11.9. The zero-order chi connectivity index (χ0) is 26.1. The first-order valence-corrected chi connectivity index (χ1v) is 14.0. The van der Waals surface area contributed by atoms with Gasteiger partial charge in [0.25, 0.3) is 10.1 Å². The number of nitrogens with zero attached hydrogens (tertiary/aromatic N) is 8. The van der Waals surface area contributed by atoms with E-state index in [0.717, 1.165) is 0 Å². The van der Waals surface area contributed by atoms with Gasteiger partial charge in [-0.3, -0.25) is 9.54 Å². The van der Waals surface area contributed by atoms with Gasteiger partial charge in [0, 0.05) is 19.3 Å². The molecule has 190 valence electrons. The SMILES string of the molecule is CCN(CCS(=O)(=O)O)c1ccc(/N=C2/C(CS(N)(=O)=O)=Nn3c2nnc3-c2ccccn2)c(C)n1. The van der Waals surface area contributed by atoms with Crippen LogP contribution in [-0.4, -0.2) is 82.2 Å². The molecule has 0 saturated heterocycles. The van der Waals surface area contributed by atoms with Crippen LogP contribution < -0.4 is 10.0 Å². The Labute approximate surface area is 207 Å². The van der Waals surface area contributed by atoms with Gasteiger partial charge in [-0.15, -0.1) is 10.2 Å². The Bertz CT molecular complexity index is 1570. The second-order valence-corrected chi connectivity index (χ2v) is 11.0. The zero-order valence-electron chi connectivity index (χ0n) is 19.3. The highest BCUT2D eigenvalue weighted by molar-refractivity contribution is 7.90. The van der Waals surface area contributed by atoms with E-state index in [4.69, 9.17) is 9.69 Å². The van der Waals surface area contributed by atoms with E-state index in [1.165, 1.54) is 4.68 Å². The van der Waals surface area contributed by atoms with E-state index in [1.54, 1.807) is 48.4 Å². The molecule has 36 heavy (non-hydrogen) atoms. The molecule has 0 spiro atoms. The van der Waals surface area contributed by atoms with E-state index < -0.39 is 31.6 Å². The predicted octanol–water partition coefficient (Wildman–Crippen LogP) is 0.385. The van der Waals surface area contributed by atoms with E-state index >= 15 is 0 Å². The van der Waals surface area contributed by atoms with E-state index in [-0.39, 0.29) is 23.8 Å². The van der Waals surface area contributed by atoms with Crippen molar-refractivity contribution in [2.75, 3.05) is 29.5 Å². The number of nitrogens with two attached hydrogens (primary N) is 1. The maximum absolute atomic E-state index is 11.9. The summed E-state index contributed by atoms with van der Waals surface area (Å²) in [4.78, 5) is 15.0. The van der Waals surface area contributed by atoms with E-state index in [2.05, 4.69) is 30.3 Å². The molecule has 0 amide bonds. The minimum absolute atomic E-state index is 0.0558. The smallest absolute Gasteiger partial charge is 0.266 e. The number of fused-ring (bicyclic) bond motifs is 1. The number of aromatic nitrogens is 5. The summed E-state index contributed by atoms with van der Waals surface area (Å²) >= 11 is 0. The van der Waals surface area contributed by atoms with Crippen molar-refractivity contribution < 1.29 is 21.4 Å². The molecule has 16 heteroatoms. The number of sulfonamides is 1. The van der Waals surface area contributed by atoms with Gasteiger partial charge in [0.2, 0.25) is 21.7 Å². The fraction of sp³-hybridized carbons (Fsp3) is 0.300. The summed E-state index contributed by atoms with van der Waals surface area (Å²) in [5.74, 6) is 0.0213. The van der Waals surface area contributed by atoms with Crippen LogP contribution in [0.1, 0.15) is 18.4 Å². The fourth-order valence-electron chi connectivity index (χ4n) is 3.49. The molecule has 0 atom stereocenters. The Morgan fingerprint density at radius 1 is 1.11 bits per heavy atom. The van der Waals surface area contributed by atoms with Gasteiger partial charge in [0.1, 0.15) is 28.7 Å². The summed E-state index contributed by atoms with van der Waals surface area (Å²) in [5, 5.41) is 17.9. The van der Waals surface area contributed by atoms with Crippen molar-refractivity contribution >= 4 is 43.1 Å². The Hall–Kier alpha value is -3.60. The lowest BCUT2D eigenvalue weighted by atomic mass is 10.2. The average Bonchev–Trinajstić information content (AvgIpc) is 3.34. The molecule has 14 nitrogen and oxygen atoms in total. The number of primary sulfonamides is 1. The van der Waals surface area contributed by atoms with Crippen molar-refractivity contribution in [1.82, 2.24) is 24.8 Å². The van der Waals surface area contributed by atoms with Crippen LogP contribution in [0.5, 0.6) is 0 Å². The van der Waals surface area contributed by atoms with Gasteiger partial charge < -0.3 is 4.90 Å². The lowest BCUT2D eigenvalue weighted by Crippen LogP contribution is -2.29. The molecule has 3 aromatic heterocycles. The number of pyridine rings is 2. The third-order valence-corrected chi connectivity index (χ3v) is 6.55. The summed E-state index contributed by atoms with van der Waals surface area (Å²) in [6.45, 7) is 4.05. The molecule has 1 aliphatic heterocycles. The lowest BCUT2D eigenvalue weighted by molar-refractivity contribution is 0.482. The van der Waals surface area contributed by atoms with Gasteiger partial charge >= 0.3 is 0 Å². The molecule has 0 aliphatic carbocycles. The standard InChI is InChI=1S/C20H23N9O5S2/c1-3-28(10-11-36(32,33)34)17-8-7-14(13(2)23-17)24-18-16(12-35(21,30)31)27-29-19(25-26-20(18)29)15-6-4-5-9-22-15/h4-9H,3,10-12H2,1-2H3,(H2,21,30,31)(H,32,33,34)/b24-18-. The van der Waals surface area contributed by atoms with Crippen LogP contribution in [0.3, 0.4) is 0 Å². The largest absolute Gasteiger partial charge is 0.356 e. The van der Waals surface area contributed by atoms with Crippen LogP contribution in [-0.2, 0) is 20.1 Å². The number of rotatable bonds is 9. The van der Waals surface area contributed by atoms with Crippen molar-refractivity contribution in [3.8, 4) is 11.5 Å². The van der Waals surface area contributed by atoms with Crippen molar-refractivity contribution in [2.24, 2.45) is 15.2 Å². The van der Waals surface area contributed by atoms with Crippen LogP contribution in [0.15, 0.2) is 46.6 Å². The summed E-state index contributed by atoms with van der Waals surface area (Å²) in [7, 11) is -8.06. The minimum atomic E-state index is -4.12. The Kier molecular flexibility index (Phi) is 6.94. The van der Waals surface area contributed by atoms with E-state index in [9.17, 15) is 16.8 Å². The molecular formula is C20H23N9O5S2. The number of hydrogen-bond acceptors (Lipinski definition) is 11. The highest BCUT2D eigenvalue weighted by Gasteiger charge is 2.31. The molecule has 3 N–H and O–H groups in total. The molecule has 0 bridgehead atoms. The number of hydrogen-bond donors (Lipinski definition) is 2. The lowest BCUT2D eigenvalue weighted by Gasteiger charge is -2.21. The first-order chi connectivity index (χ1) is 16.9. The van der Waals surface area contributed by atoms with Crippen molar-refractivity contribution in [2.45, 2.75) is 13.8 Å². The summed E-state index contributed by atoms with van der Waals surface area (Å²) in [6, 6.07) is 8.54. The molecule has 4 rings (SSSR count). The molecule has 4 heterocycles. The molecule has 0 aromatic carbocycles. The van der Waals surface area contributed by atoms with Gasteiger partial charge in [0.15, 0.2) is 0 Å². The van der Waals surface area contributed by atoms with Gasteiger partial charge in [-0.05, 0) is 38.1 Å². The zero-order valence-corrected chi connectivity index (χ0v) is 21.0. The number of anilines is 1. The van der Waals surface area contributed by atoms with Crippen LogP contribution >= 0.6 is 0 Å². The topological polar surface area (TPSA) is 199 Å². The van der Waals surface area contributed by atoms with Gasteiger partial charge in [0.05, 0.1) is 17.1 Å². The number of aryl methyl sites for hydroxylation is 1. The van der Waals surface area contributed by atoms with Crippen molar-refractivity contribution in [3.05, 3.63) is 48.0 Å². The third-order valence-electron chi connectivity index (χ3n) is 5.18. The quantitative estimate of drug-likeness (QED) is 0.362. The van der Waals surface area contributed by atoms with Crippen molar-refractivity contribution in [3.63, 3.8) is 0 Å². The monoisotopic (exact) mass is 533 g/mol. The molecular weight excluding hydrogens is 510 g/mol. The molecule has 3 aromatic rings. The molecule has 0 saturated carbocycles. The van der Waals surface area contributed by atoms with E-state index in [0.29, 0.717) is 35.3 Å². The van der Waals surface area contributed by atoms with Crippen LogP contribution in [0.25, 0.3) is 11.5 Å². The summed E-state index contributed by atoms with van der Waals surface area (Å²) in [5.41, 5.74) is 1.66. The predicted molar refractivity (Wildman–Crippen MR) is 134 cm³/mol. The Balaban J connectivity index is 1.73. The molecule has 0 fully saturated rings. The van der Waals surface area contributed by atoms with E-state index in [1.807, 2.05) is 6.92 Å². The third kappa shape index (κ3) is 5.78. The minimum Gasteiger partial charge on any atom is -0.356 e. The second kappa shape index (κ2) is 9.81. The van der Waals surface area contributed by atoms with Gasteiger partial charge in [-0.25, -0.2) is 23.5 Å². The maximum Gasteiger partial charge on any atom is 0.266 e. The van der Waals surface area contributed by atoms with Gasteiger partial charge in [-0.2, -0.15) is 18.2 Å². The normalized spacial score (nSPS) is 14.7. The second-order valence-electron chi connectivity index (χ2n) is 7.83. The summed E-state index contributed by atoms with van der Waals surface area (Å²) < 4.78 is 56.4. The molecule has 0 unspecified atom stereocenters. The van der Waals surface area contributed by atoms with Gasteiger partial charge in [-0.1, -0.05) is 6.07 Å². The Morgan fingerprint density at radius 2 is 1.86 bits per heavy atom. The highest BCUT2D eigenvalue weighted by atomic mass is 32.2.